The van der Waals surface area contributed by atoms with Gasteiger partial charge in [0.25, 0.3) is 5.91 Å². The van der Waals surface area contributed by atoms with E-state index >= 15 is 0 Å². The zero-order valence-corrected chi connectivity index (χ0v) is 14.5. The number of amides is 1. The molecule has 0 aliphatic rings. The van der Waals surface area contributed by atoms with Crippen LogP contribution in [0.4, 0.5) is 5.95 Å². The first-order valence-corrected chi connectivity index (χ1v) is 8.16. The minimum atomic E-state index is -0.161. The Balaban J connectivity index is 2.08. The highest BCUT2D eigenvalue weighted by Crippen LogP contribution is 2.17. The van der Waals surface area contributed by atoms with Gasteiger partial charge in [-0.25, -0.2) is 9.97 Å². The van der Waals surface area contributed by atoms with E-state index < -0.39 is 0 Å². The Labute approximate surface area is 143 Å². The van der Waals surface area contributed by atoms with Crippen molar-refractivity contribution >= 4 is 11.9 Å². The Bertz CT molecular complexity index is 628. The zero-order chi connectivity index (χ0) is 17.4. The first-order chi connectivity index (χ1) is 11.6. The van der Waals surface area contributed by atoms with Crippen LogP contribution in [0, 0.1) is 0 Å². The van der Waals surface area contributed by atoms with Gasteiger partial charge in [0.1, 0.15) is 0 Å². The molecule has 1 aromatic carbocycles. The van der Waals surface area contributed by atoms with Crippen LogP contribution >= 0.6 is 0 Å². The second-order valence-electron chi connectivity index (χ2n) is 5.85. The largest absolute Gasteiger partial charge is 0.355 e. The van der Waals surface area contributed by atoms with Gasteiger partial charge in [0.05, 0.1) is 11.6 Å². The van der Waals surface area contributed by atoms with Crippen molar-refractivity contribution < 1.29 is 4.79 Å². The number of aromatic nitrogens is 2. The molecular weight excluding hydrogens is 302 g/mol. The van der Waals surface area contributed by atoms with Crippen LogP contribution in [-0.4, -0.2) is 48.0 Å². The van der Waals surface area contributed by atoms with Crippen molar-refractivity contribution in [2.24, 2.45) is 0 Å². The SMILES string of the molecule is CCNc1ncc(C(=O)N[C@H](CCN(C)C)c2ccccc2)cn1. The highest BCUT2D eigenvalue weighted by Gasteiger charge is 2.16. The van der Waals surface area contributed by atoms with Crippen molar-refractivity contribution in [1.29, 1.82) is 0 Å². The number of carbonyl (C=O) groups excluding carboxylic acids is 1. The molecule has 1 aromatic heterocycles. The van der Waals surface area contributed by atoms with Gasteiger partial charge in [-0.15, -0.1) is 0 Å². The Morgan fingerprint density at radius 1 is 1.17 bits per heavy atom. The number of benzene rings is 1. The molecule has 2 N–H and O–H groups in total. The van der Waals surface area contributed by atoms with Crippen molar-refractivity contribution in [3.05, 3.63) is 53.9 Å². The summed E-state index contributed by atoms with van der Waals surface area (Å²) in [5.74, 6) is 0.368. The van der Waals surface area contributed by atoms with E-state index in [1.807, 2.05) is 51.4 Å². The first kappa shape index (κ1) is 17.9. The lowest BCUT2D eigenvalue weighted by molar-refractivity contribution is 0.0932. The van der Waals surface area contributed by atoms with Gasteiger partial charge < -0.3 is 15.5 Å². The minimum Gasteiger partial charge on any atom is -0.355 e. The summed E-state index contributed by atoms with van der Waals surface area (Å²) >= 11 is 0. The first-order valence-electron chi connectivity index (χ1n) is 8.16. The molecular formula is C18H25N5O. The molecule has 0 fully saturated rings. The maximum Gasteiger partial charge on any atom is 0.254 e. The Morgan fingerprint density at radius 2 is 1.83 bits per heavy atom. The van der Waals surface area contributed by atoms with Crippen molar-refractivity contribution in [2.75, 3.05) is 32.5 Å². The fourth-order valence-electron chi connectivity index (χ4n) is 2.33. The smallest absolute Gasteiger partial charge is 0.254 e. The highest BCUT2D eigenvalue weighted by molar-refractivity contribution is 5.93. The van der Waals surface area contributed by atoms with Gasteiger partial charge in [-0.3, -0.25) is 4.79 Å². The molecule has 6 nitrogen and oxygen atoms in total. The lowest BCUT2D eigenvalue weighted by atomic mass is 10.0. The molecule has 128 valence electrons. The van der Waals surface area contributed by atoms with Crippen LogP contribution in [0.5, 0.6) is 0 Å². The zero-order valence-electron chi connectivity index (χ0n) is 14.5. The molecule has 0 saturated carbocycles. The summed E-state index contributed by atoms with van der Waals surface area (Å²) in [5.41, 5.74) is 1.56. The van der Waals surface area contributed by atoms with Crippen LogP contribution in [0.2, 0.25) is 0 Å². The molecule has 6 heteroatoms. The van der Waals surface area contributed by atoms with E-state index in [1.165, 1.54) is 0 Å². The molecule has 0 radical (unpaired) electrons. The maximum absolute atomic E-state index is 12.5. The van der Waals surface area contributed by atoms with Crippen molar-refractivity contribution in [1.82, 2.24) is 20.2 Å². The van der Waals surface area contributed by atoms with E-state index in [4.69, 9.17) is 0 Å². The minimum absolute atomic E-state index is 0.0467. The van der Waals surface area contributed by atoms with Crippen LogP contribution in [-0.2, 0) is 0 Å². The third kappa shape index (κ3) is 5.31. The van der Waals surface area contributed by atoms with Gasteiger partial charge in [-0.1, -0.05) is 30.3 Å². The van der Waals surface area contributed by atoms with Gasteiger partial charge in [0, 0.05) is 18.9 Å². The lowest BCUT2D eigenvalue weighted by Gasteiger charge is -2.21. The average molecular weight is 327 g/mol. The van der Waals surface area contributed by atoms with E-state index in [-0.39, 0.29) is 11.9 Å². The summed E-state index contributed by atoms with van der Waals surface area (Å²) in [5, 5.41) is 6.10. The topological polar surface area (TPSA) is 70.2 Å². The summed E-state index contributed by atoms with van der Waals surface area (Å²) in [4.78, 5) is 22.9. The van der Waals surface area contributed by atoms with Crippen LogP contribution in [0.15, 0.2) is 42.7 Å². The molecule has 1 amide bonds. The predicted octanol–water partition coefficient (Wildman–Crippen LogP) is 2.33. The van der Waals surface area contributed by atoms with Gasteiger partial charge in [-0.05, 0) is 39.5 Å². The third-order valence-electron chi connectivity index (χ3n) is 3.62. The number of anilines is 1. The summed E-state index contributed by atoms with van der Waals surface area (Å²) in [7, 11) is 4.05. The Hall–Kier alpha value is -2.47. The van der Waals surface area contributed by atoms with E-state index in [2.05, 4.69) is 25.5 Å². The predicted molar refractivity (Wildman–Crippen MR) is 96.0 cm³/mol. The quantitative estimate of drug-likeness (QED) is 0.779. The monoisotopic (exact) mass is 327 g/mol. The number of nitrogens with one attached hydrogen (secondary N) is 2. The standard InChI is InChI=1S/C18H25N5O/c1-4-19-18-20-12-15(13-21-18)17(24)22-16(10-11-23(2)3)14-8-6-5-7-9-14/h5-9,12-13,16H,4,10-11H2,1-3H3,(H,22,24)(H,19,20,21)/t16-/m1/s1. The fourth-order valence-corrected chi connectivity index (χ4v) is 2.33. The van der Waals surface area contributed by atoms with Gasteiger partial charge in [0.2, 0.25) is 5.95 Å². The molecule has 0 unspecified atom stereocenters. The van der Waals surface area contributed by atoms with Crippen LogP contribution in [0.25, 0.3) is 0 Å². The molecule has 24 heavy (non-hydrogen) atoms. The van der Waals surface area contributed by atoms with E-state index in [9.17, 15) is 4.79 Å². The van der Waals surface area contributed by atoms with Gasteiger partial charge in [0.15, 0.2) is 0 Å². The molecule has 2 aromatic rings. The van der Waals surface area contributed by atoms with E-state index in [0.717, 1.165) is 25.1 Å². The number of hydrogen-bond acceptors (Lipinski definition) is 5. The molecule has 0 aliphatic heterocycles. The fraction of sp³-hybridized carbons (Fsp3) is 0.389. The average Bonchev–Trinajstić information content (AvgIpc) is 2.60. The third-order valence-corrected chi connectivity index (χ3v) is 3.62. The molecule has 1 atom stereocenters. The maximum atomic E-state index is 12.5. The number of nitrogens with zero attached hydrogens (tertiary/aromatic N) is 3. The molecule has 2 rings (SSSR count). The number of rotatable bonds is 8. The van der Waals surface area contributed by atoms with Gasteiger partial charge in [-0.2, -0.15) is 0 Å². The second kappa shape index (κ2) is 8.98. The highest BCUT2D eigenvalue weighted by atomic mass is 16.1. The van der Waals surface area contributed by atoms with Crippen LogP contribution in [0.1, 0.15) is 35.3 Å². The summed E-state index contributed by atoms with van der Waals surface area (Å²) in [6, 6.07) is 9.96. The molecule has 0 aliphatic carbocycles. The lowest BCUT2D eigenvalue weighted by Crippen LogP contribution is -2.31. The molecule has 0 saturated heterocycles. The summed E-state index contributed by atoms with van der Waals surface area (Å²) < 4.78 is 0. The number of carbonyl (C=O) groups is 1. The Morgan fingerprint density at radius 3 is 2.42 bits per heavy atom. The van der Waals surface area contributed by atoms with Crippen molar-refractivity contribution in [2.45, 2.75) is 19.4 Å². The van der Waals surface area contributed by atoms with Crippen LogP contribution in [0.3, 0.4) is 0 Å². The summed E-state index contributed by atoms with van der Waals surface area (Å²) in [6.07, 6.45) is 3.93. The normalized spacial score (nSPS) is 12.0. The Kier molecular flexibility index (Phi) is 6.69. The van der Waals surface area contributed by atoms with Crippen molar-refractivity contribution in [3.63, 3.8) is 0 Å². The summed E-state index contributed by atoms with van der Waals surface area (Å²) in [6.45, 7) is 3.60. The van der Waals surface area contributed by atoms with Crippen molar-refractivity contribution in [3.8, 4) is 0 Å². The van der Waals surface area contributed by atoms with E-state index in [1.54, 1.807) is 12.4 Å². The van der Waals surface area contributed by atoms with Crippen LogP contribution < -0.4 is 10.6 Å². The molecule has 1 heterocycles. The number of hydrogen-bond donors (Lipinski definition) is 2. The van der Waals surface area contributed by atoms with Gasteiger partial charge >= 0.3 is 0 Å². The second-order valence-corrected chi connectivity index (χ2v) is 5.85. The molecule has 0 bridgehead atoms. The molecule has 0 spiro atoms. The van der Waals surface area contributed by atoms with E-state index in [0.29, 0.717) is 11.5 Å².